The van der Waals surface area contributed by atoms with Crippen molar-refractivity contribution in [1.82, 2.24) is 19.2 Å². The Morgan fingerprint density at radius 3 is 2.66 bits per heavy atom. The lowest BCUT2D eigenvalue weighted by atomic mass is 10.2. The number of hydrogen-bond acceptors (Lipinski definition) is 4. The molecule has 9 heteroatoms. The average Bonchev–Trinajstić information content (AvgIpc) is 3.33. The van der Waals surface area contributed by atoms with Gasteiger partial charge in [0.05, 0.1) is 22.5 Å². The predicted octanol–water partition coefficient (Wildman–Crippen LogP) is 2.70. The van der Waals surface area contributed by atoms with Crippen LogP contribution in [-0.2, 0) is 28.4 Å². The smallest absolute Gasteiger partial charge is 0.243 e. The molecule has 1 aliphatic rings. The highest BCUT2D eigenvalue weighted by Crippen LogP contribution is 2.27. The summed E-state index contributed by atoms with van der Waals surface area (Å²) in [7, 11) is -1.88. The second-order valence-corrected chi connectivity index (χ2v) is 9.35. The molecule has 1 amide bonds. The van der Waals surface area contributed by atoms with E-state index in [1.54, 1.807) is 0 Å². The number of hydrogen-bond donors (Lipinski definition) is 1. The number of sulfonamides is 1. The Balaban J connectivity index is 1.50. The molecule has 152 valence electrons. The summed E-state index contributed by atoms with van der Waals surface area (Å²) in [5, 5.41) is 3.32. The van der Waals surface area contributed by atoms with Gasteiger partial charge in [-0.25, -0.2) is 13.4 Å². The number of imidazole rings is 1. The molecule has 0 radical (unpaired) electrons. The van der Waals surface area contributed by atoms with Crippen LogP contribution in [0.3, 0.4) is 0 Å². The number of halogens is 1. The lowest BCUT2D eigenvalue weighted by Gasteiger charge is -2.23. The minimum atomic E-state index is -3.77. The van der Waals surface area contributed by atoms with Gasteiger partial charge in [0.1, 0.15) is 11.9 Å². The van der Waals surface area contributed by atoms with Gasteiger partial charge in [0.2, 0.25) is 15.9 Å². The molecule has 1 fully saturated rings. The zero-order valence-electron chi connectivity index (χ0n) is 15.9. The molecule has 0 saturated carbocycles. The molecule has 1 unspecified atom stereocenters. The van der Waals surface area contributed by atoms with Crippen LogP contribution in [0, 0.1) is 0 Å². The van der Waals surface area contributed by atoms with Gasteiger partial charge in [-0.15, -0.1) is 0 Å². The third-order valence-electron chi connectivity index (χ3n) is 5.23. The van der Waals surface area contributed by atoms with Gasteiger partial charge in [0, 0.05) is 18.6 Å². The van der Waals surface area contributed by atoms with E-state index in [1.165, 1.54) is 28.6 Å². The molecular formula is C20H21ClN4O3S. The molecule has 0 bridgehead atoms. The Labute approximate surface area is 174 Å². The maximum atomic E-state index is 13.0. The monoisotopic (exact) mass is 432 g/mol. The molecule has 2 aromatic carbocycles. The molecule has 2 heterocycles. The number of para-hydroxylation sites is 2. The normalized spacial score (nSPS) is 17.7. The average molecular weight is 433 g/mol. The van der Waals surface area contributed by atoms with Crippen LogP contribution in [0.2, 0.25) is 5.02 Å². The maximum absolute atomic E-state index is 13.0. The van der Waals surface area contributed by atoms with Crippen LogP contribution in [0.25, 0.3) is 11.0 Å². The molecule has 1 saturated heterocycles. The predicted molar refractivity (Wildman–Crippen MR) is 111 cm³/mol. The van der Waals surface area contributed by atoms with Gasteiger partial charge in [-0.05, 0) is 49.2 Å². The second-order valence-electron chi connectivity index (χ2n) is 7.02. The fourth-order valence-electron chi connectivity index (χ4n) is 3.67. The Bertz CT molecular complexity index is 1160. The highest BCUT2D eigenvalue weighted by atomic mass is 35.5. The summed E-state index contributed by atoms with van der Waals surface area (Å²) in [4.78, 5) is 17.5. The summed E-state index contributed by atoms with van der Waals surface area (Å²) < 4.78 is 29.2. The zero-order chi connectivity index (χ0) is 20.6. The number of fused-ring (bicyclic) bond motifs is 1. The van der Waals surface area contributed by atoms with Gasteiger partial charge in [0.25, 0.3) is 0 Å². The van der Waals surface area contributed by atoms with E-state index >= 15 is 0 Å². The quantitative estimate of drug-likeness (QED) is 0.671. The summed E-state index contributed by atoms with van der Waals surface area (Å²) in [6.07, 6.45) is 1.12. The van der Waals surface area contributed by atoms with Crippen molar-refractivity contribution < 1.29 is 13.2 Å². The highest BCUT2D eigenvalue weighted by molar-refractivity contribution is 7.89. The SMILES string of the molecule is Cn1c(CNC(=O)C2CCCN2S(=O)(=O)c2ccc(Cl)cc2)nc2ccccc21. The van der Waals surface area contributed by atoms with Gasteiger partial charge < -0.3 is 9.88 Å². The van der Waals surface area contributed by atoms with Gasteiger partial charge in [0.15, 0.2) is 0 Å². The molecule has 3 aromatic rings. The molecular weight excluding hydrogens is 412 g/mol. The van der Waals surface area contributed by atoms with Gasteiger partial charge in [-0.3, -0.25) is 4.79 Å². The highest BCUT2D eigenvalue weighted by Gasteiger charge is 2.39. The maximum Gasteiger partial charge on any atom is 0.243 e. The molecule has 7 nitrogen and oxygen atoms in total. The van der Waals surface area contributed by atoms with Gasteiger partial charge in [-0.2, -0.15) is 4.31 Å². The number of rotatable bonds is 5. The number of aryl methyl sites for hydroxylation is 1. The van der Waals surface area contributed by atoms with Crippen LogP contribution < -0.4 is 5.32 Å². The Kier molecular flexibility index (Phi) is 5.33. The topological polar surface area (TPSA) is 84.3 Å². The number of aromatic nitrogens is 2. The largest absolute Gasteiger partial charge is 0.347 e. The number of benzene rings is 2. The van der Waals surface area contributed by atoms with Crippen LogP contribution in [0.5, 0.6) is 0 Å². The van der Waals surface area contributed by atoms with Crippen molar-refractivity contribution in [2.75, 3.05) is 6.54 Å². The van der Waals surface area contributed by atoms with Gasteiger partial charge in [-0.1, -0.05) is 23.7 Å². The summed E-state index contributed by atoms with van der Waals surface area (Å²) in [5.74, 6) is 0.400. The van der Waals surface area contributed by atoms with Crippen LogP contribution in [0.4, 0.5) is 0 Å². The molecule has 0 spiro atoms. The van der Waals surface area contributed by atoms with Crippen LogP contribution in [0.15, 0.2) is 53.4 Å². The van der Waals surface area contributed by atoms with Crippen molar-refractivity contribution in [3.63, 3.8) is 0 Å². The van der Waals surface area contributed by atoms with Crippen LogP contribution in [0.1, 0.15) is 18.7 Å². The van der Waals surface area contributed by atoms with E-state index in [2.05, 4.69) is 10.3 Å². The zero-order valence-corrected chi connectivity index (χ0v) is 17.4. The lowest BCUT2D eigenvalue weighted by Crippen LogP contribution is -2.45. The van der Waals surface area contributed by atoms with E-state index in [1.807, 2.05) is 35.9 Å². The van der Waals surface area contributed by atoms with Crippen molar-refractivity contribution in [3.05, 3.63) is 59.4 Å². The second kappa shape index (κ2) is 7.78. The minimum absolute atomic E-state index is 0.136. The van der Waals surface area contributed by atoms with E-state index in [9.17, 15) is 13.2 Å². The number of nitrogens with one attached hydrogen (secondary N) is 1. The summed E-state index contributed by atoms with van der Waals surface area (Å²) >= 11 is 5.86. The first kappa shape index (κ1) is 19.9. The van der Waals surface area contributed by atoms with Crippen molar-refractivity contribution in [2.24, 2.45) is 7.05 Å². The van der Waals surface area contributed by atoms with Crippen molar-refractivity contribution in [2.45, 2.75) is 30.3 Å². The molecule has 1 aliphatic heterocycles. The molecule has 1 atom stereocenters. The third kappa shape index (κ3) is 3.75. The van der Waals surface area contributed by atoms with E-state index in [4.69, 9.17) is 11.6 Å². The van der Waals surface area contributed by atoms with Crippen molar-refractivity contribution in [3.8, 4) is 0 Å². The third-order valence-corrected chi connectivity index (χ3v) is 7.40. The van der Waals surface area contributed by atoms with E-state index in [0.29, 0.717) is 30.2 Å². The molecule has 4 rings (SSSR count). The summed E-state index contributed by atoms with van der Waals surface area (Å²) in [6.45, 7) is 0.546. The minimum Gasteiger partial charge on any atom is -0.347 e. The Morgan fingerprint density at radius 1 is 1.21 bits per heavy atom. The van der Waals surface area contributed by atoms with Crippen LogP contribution in [-0.4, -0.2) is 40.8 Å². The fourth-order valence-corrected chi connectivity index (χ4v) is 5.45. The Hall–Kier alpha value is -2.42. The summed E-state index contributed by atoms with van der Waals surface area (Å²) in [5.41, 5.74) is 1.83. The first-order valence-corrected chi connectivity index (χ1v) is 11.1. The van der Waals surface area contributed by atoms with Crippen molar-refractivity contribution >= 4 is 38.6 Å². The van der Waals surface area contributed by atoms with E-state index < -0.39 is 16.1 Å². The standard InChI is InChI=1S/C20H21ClN4O3S/c1-24-17-6-3-2-5-16(17)23-19(24)13-22-20(26)18-7-4-12-25(18)29(27,28)15-10-8-14(21)9-11-15/h2-3,5-6,8-11,18H,4,7,12-13H2,1H3,(H,22,26). The number of nitrogens with zero attached hydrogens (tertiary/aromatic N) is 3. The fraction of sp³-hybridized carbons (Fsp3) is 0.300. The first-order valence-electron chi connectivity index (χ1n) is 9.33. The lowest BCUT2D eigenvalue weighted by molar-refractivity contribution is -0.124. The number of amides is 1. The number of carbonyl (C=O) groups excluding carboxylic acids is 1. The van der Waals surface area contributed by atoms with Gasteiger partial charge >= 0.3 is 0 Å². The summed E-state index contributed by atoms with van der Waals surface area (Å²) in [6, 6.07) is 13.0. The molecule has 29 heavy (non-hydrogen) atoms. The molecule has 1 N–H and O–H groups in total. The number of carbonyl (C=O) groups is 1. The first-order chi connectivity index (χ1) is 13.9. The van der Waals surface area contributed by atoms with E-state index in [0.717, 1.165) is 11.0 Å². The molecule has 0 aliphatic carbocycles. The van der Waals surface area contributed by atoms with Crippen molar-refractivity contribution in [1.29, 1.82) is 0 Å². The Morgan fingerprint density at radius 2 is 1.93 bits per heavy atom. The molecule has 1 aromatic heterocycles. The van der Waals surface area contributed by atoms with Crippen LogP contribution >= 0.6 is 11.6 Å². The van der Waals surface area contributed by atoms with E-state index in [-0.39, 0.29) is 17.3 Å².